The van der Waals surface area contributed by atoms with Crippen LogP contribution in [0.2, 0.25) is 0 Å². The van der Waals surface area contributed by atoms with E-state index in [2.05, 4.69) is 17.6 Å². The second-order valence-electron chi connectivity index (χ2n) is 7.60. The van der Waals surface area contributed by atoms with E-state index in [1.165, 1.54) is 32.1 Å². The molecule has 1 atom stereocenters. The second kappa shape index (κ2) is 11.1. The third kappa shape index (κ3) is 5.96. The Labute approximate surface area is 168 Å². The van der Waals surface area contributed by atoms with Crippen LogP contribution in [0, 0.1) is 0 Å². The zero-order valence-electron chi connectivity index (χ0n) is 17.0. The van der Waals surface area contributed by atoms with Gasteiger partial charge in [0.1, 0.15) is 0 Å². The highest BCUT2D eigenvalue weighted by Crippen LogP contribution is 2.21. The van der Waals surface area contributed by atoms with E-state index < -0.39 is 0 Å². The number of ether oxygens (including phenoxy) is 1. The molecule has 2 N–H and O–H groups in total. The number of nitrogens with one attached hydrogen (secondary N) is 2. The van der Waals surface area contributed by atoms with Gasteiger partial charge in [0.25, 0.3) is 0 Å². The molecule has 1 aliphatic heterocycles. The fourth-order valence-electron chi connectivity index (χ4n) is 3.96. The number of amides is 1. The number of morpholine rings is 1. The maximum absolute atomic E-state index is 13.2. The molecule has 28 heavy (non-hydrogen) atoms. The lowest BCUT2D eigenvalue weighted by atomic mass is 9.95. The smallest absolute Gasteiger partial charge is 0.232 e. The molecule has 6 nitrogen and oxygen atoms in total. The number of hydrogen-bond donors (Lipinski definition) is 2. The predicted octanol–water partition coefficient (Wildman–Crippen LogP) is 2.52. The molecular formula is C22H34N4O2. The molecule has 3 rings (SSSR count). The summed E-state index contributed by atoms with van der Waals surface area (Å²) in [6.07, 6.45) is 6.27. The molecule has 0 bridgehead atoms. The van der Waals surface area contributed by atoms with Gasteiger partial charge in [-0.05, 0) is 25.3 Å². The first kappa shape index (κ1) is 20.6. The summed E-state index contributed by atoms with van der Waals surface area (Å²) < 4.78 is 5.41. The van der Waals surface area contributed by atoms with Crippen LogP contribution in [0.25, 0.3) is 0 Å². The van der Waals surface area contributed by atoms with E-state index in [0.717, 1.165) is 18.1 Å². The van der Waals surface area contributed by atoms with E-state index in [1.54, 1.807) is 0 Å². The molecule has 1 aliphatic carbocycles. The summed E-state index contributed by atoms with van der Waals surface area (Å²) in [6.45, 7) is 5.88. The molecule has 2 aliphatic rings. The van der Waals surface area contributed by atoms with Gasteiger partial charge in [-0.2, -0.15) is 0 Å². The lowest BCUT2D eigenvalue weighted by Crippen LogP contribution is -2.45. The Hall–Kier alpha value is -2.08. The predicted molar refractivity (Wildman–Crippen MR) is 113 cm³/mol. The SMILES string of the molecule is CCNC(=NCC(C(=O)N1CCOCC1)c1ccccc1)NC1CCCCC1. The Morgan fingerprint density at radius 3 is 2.57 bits per heavy atom. The van der Waals surface area contributed by atoms with E-state index in [1.807, 2.05) is 35.2 Å². The third-order valence-electron chi connectivity index (χ3n) is 5.55. The van der Waals surface area contributed by atoms with Crippen molar-refractivity contribution in [3.63, 3.8) is 0 Å². The quantitative estimate of drug-likeness (QED) is 0.582. The zero-order valence-corrected chi connectivity index (χ0v) is 17.0. The van der Waals surface area contributed by atoms with Gasteiger partial charge in [0.05, 0.1) is 25.7 Å². The number of hydrogen-bond acceptors (Lipinski definition) is 3. The van der Waals surface area contributed by atoms with Crippen LogP contribution in [0.1, 0.15) is 50.5 Å². The highest BCUT2D eigenvalue weighted by molar-refractivity contribution is 5.85. The monoisotopic (exact) mass is 386 g/mol. The molecule has 1 aromatic rings. The molecule has 2 fully saturated rings. The summed E-state index contributed by atoms with van der Waals surface area (Å²) in [6, 6.07) is 10.5. The van der Waals surface area contributed by atoms with E-state index in [9.17, 15) is 4.79 Å². The number of carbonyl (C=O) groups is 1. The maximum atomic E-state index is 13.2. The molecule has 0 spiro atoms. The van der Waals surface area contributed by atoms with Gasteiger partial charge in [0.15, 0.2) is 5.96 Å². The van der Waals surface area contributed by atoms with Crippen molar-refractivity contribution in [2.45, 2.75) is 51.0 Å². The maximum Gasteiger partial charge on any atom is 0.232 e. The van der Waals surface area contributed by atoms with Crippen molar-refractivity contribution in [3.8, 4) is 0 Å². The van der Waals surface area contributed by atoms with Gasteiger partial charge in [-0.1, -0.05) is 49.6 Å². The first-order chi connectivity index (χ1) is 13.8. The number of benzene rings is 1. The normalized spacial score (nSPS) is 19.9. The van der Waals surface area contributed by atoms with Crippen molar-refractivity contribution in [2.24, 2.45) is 4.99 Å². The first-order valence-corrected chi connectivity index (χ1v) is 10.7. The molecule has 1 amide bonds. The molecular weight excluding hydrogens is 352 g/mol. The van der Waals surface area contributed by atoms with Gasteiger partial charge in [-0.3, -0.25) is 9.79 Å². The van der Waals surface area contributed by atoms with Crippen LogP contribution in [0.3, 0.4) is 0 Å². The van der Waals surface area contributed by atoms with Crippen molar-refractivity contribution in [2.75, 3.05) is 39.4 Å². The molecule has 6 heteroatoms. The van der Waals surface area contributed by atoms with Crippen molar-refractivity contribution in [1.82, 2.24) is 15.5 Å². The van der Waals surface area contributed by atoms with Crippen LogP contribution in [0.5, 0.6) is 0 Å². The highest BCUT2D eigenvalue weighted by atomic mass is 16.5. The van der Waals surface area contributed by atoms with Gasteiger partial charge < -0.3 is 20.3 Å². The topological polar surface area (TPSA) is 66.0 Å². The van der Waals surface area contributed by atoms with Crippen molar-refractivity contribution in [1.29, 1.82) is 0 Å². The summed E-state index contributed by atoms with van der Waals surface area (Å²) >= 11 is 0. The Kier molecular flexibility index (Phi) is 8.15. The second-order valence-corrected chi connectivity index (χ2v) is 7.60. The van der Waals surface area contributed by atoms with Gasteiger partial charge in [-0.15, -0.1) is 0 Å². The van der Waals surface area contributed by atoms with Crippen molar-refractivity contribution >= 4 is 11.9 Å². The van der Waals surface area contributed by atoms with E-state index in [-0.39, 0.29) is 11.8 Å². The lowest BCUT2D eigenvalue weighted by Gasteiger charge is -2.30. The number of carbonyl (C=O) groups excluding carboxylic acids is 1. The van der Waals surface area contributed by atoms with Gasteiger partial charge >= 0.3 is 0 Å². The summed E-state index contributed by atoms with van der Waals surface area (Å²) in [4.78, 5) is 20.0. The van der Waals surface area contributed by atoms with Crippen LogP contribution in [0.4, 0.5) is 0 Å². The molecule has 0 aromatic heterocycles. The Bertz CT molecular complexity index is 623. The summed E-state index contributed by atoms with van der Waals surface area (Å²) in [7, 11) is 0. The van der Waals surface area contributed by atoms with Crippen LogP contribution in [-0.2, 0) is 9.53 Å². The minimum absolute atomic E-state index is 0.145. The van der Waals surface area contributed by atoms with E-state index >= 15 is 0 Å². The van der Waals surface area contributed by atoms with Gasteiger partial charge in [0, 0.05) is 25.7 Å². The number of guanidine groups is 1. The zero-order chi connectivity index (χ0) is 19.6. The van der Waals surface area contributed by atoms with Crippen LogP contribution < -0.4 is 10.6 Å². The number of aliphatic imine (C=N–C) groups is 1. The summed E-state index contributed by atoms with van der Waals surface area (Å²) in [5.74, 6) is 0.706. The Balaban J connectivity index is 1.72. The molecule has 1 aromatic carbocycles. The molecule has 1 heterocycles. The van der Waals surface area contributed by atoms with Crippen LogP contribution in [-0.4, -0.2) is 62.2 Å². The molecule has 0 radical (unpaired) electrons. The molecule has 1 saturated heterocycles. The minimum atomic E-state index is -0.263. The average molecular weight is 387 g/mol. The molecule has 154 valence electrons. The number of rotatable bonds is 6. The standard InChI is InChI=1S/C22H34N4O2/c1-2-23-22(25-19-11-7-4-8-12-19)24-17-20(18-9-5-3-6-10-18)21(27)26-13-15-28-16-14-26/h3,5-6,9-10,19-20H,2,4,7-8,11-17H2,1H3,(H2,23,24,25). The molecule has 1 unspecified atom stereocenters. The van der Waals surface area contributed by atoms with E-state index in [4.69, 9.17) is 9.73 Å². The van der Waals surface area contributed by atoms with Gasteiger partial charge in [0.2, 0.25) is 5.91 Å². The lowest BCUT2D eigenvalue weighted by molar-refractivity contribution is -0.136. The largest absolute Gasteiger partial charge is 0.378 e. The minimum Gasteiger partial charge on any atom is -0.378 e. The fraction of sp³-hybridized carbons (Fsp3) is 0.636. The van der Waals surface area contributed by atoms with E-state index in [0.29, 0.717) is 38.9 Å². The third-order valence-corrected chi connectivity index (χ3v) is 5.55. The fourth-order valence-corrected chi connectivity index (χ4v) is 3.96. The summed E-state index contributed by atoms with van der Waals surface area (Å²) in [5, 5.41) is 6.93. The summed E-state index contributed by atoms with van der Waals surface area (Å²) in [5.41, 5.74) is 1.02. The van der Waals surface area contributed by atoms with Crippen molar-refractivity contribution in [3.05, 3.63) is 35.9 Å². The highest BCUT2D eigenvalue weighted by Gasteiger charge is 2.27. The van der Waals surface area contributed by atoms with Crippen LogP contribution in [0.15, 0.2) is 35.3 Å². The first-order valence-electron chi connectivity index (χ1n) is 10.7. The average Bonchev–Trinajstić information content (AvgIpc) is 2.76. The number of nitrogens with zero attached hydrogens (tertiary/aromatic N) is 2. The Morgan fingerprint density at radius 1 is 1.18 bits per heavy atom. The van der Waals surface area contributed by atoms with Gasteiger partial charge in [-0.25, -0.2) is 0 Å². The Morgan fingerprint density at radius 2 is 1.89 bits per heavy atom. The van der Waals surface area contributed by atoms with Crippen LogP contribution >= 0.6 is 0 Å². The molecule has 1 saturated carbocycles. The van der Waals surface area contributed by atoms with Crippen molar-refractivity contribution < 1.29 is 9.53 Å².